The van der Waals surface area contributed by atoms with E-state index >= 15 is 0 Å². The number of esters is 1. The smallest absolute Gasteiger partial charge is 0.416 e. The molecule has 1 aliphatic rings. The third-order valence-electron chi connectivity index (χ3n) is 4.08. The molecular formula is C15H16F3NO5S. The molecule has 1 aliphatic heterocycles. The predicted octanol–water partition coefficient (Wildman–Crippen LogP) is 1.56. The van der Waals surface area contributed by atoms with Gasteiger partial charge < -0.3 is 10.1 Å². The summed E-state index contributed by atoms with van der Waals surface area (Å²) < 4.78 is 65.5. The summed E-state index contributed by atoms with van der Waals surface area (Å²) in [5, 5.41) is 2.44. The second-order valence-electron chi connectivity index (χ2n) is 5.75. The molecule has 0 unspecified atom stereocenters. The van der Waals surface area contributed by atoms with Crippen LogP contribution in [0.4, 0.5) is 13.2 Å². The third kappa shape index (κ3) is 4.30. The Bertz CT molecular complexity index is 757. The molecule has 0 radical (unpaired) electrons. The molecule has 1 N–H and O–H groups in total. The molecular weight excluding hydrogens is 363 g/mol. The molecule has 138 valence electrons. The predicted molar refractivity (Wildman–Crippen MR) is 81.5 cm³/mol. The zero-order valence-electron chi connectivity index (χ0n) is 13.2. The second kappa shape index (κ2) is 6.66. The molecule has 1 aromatic carbocycles. The highest BCUT2D eigenvalue weighted by atomic mass is 32.2. The maximum atomic E-state index is 12.6. The van der Waals surface area contributed by atoms with E-state index in [0.29, 0.717) is 0 Å². The van der Waals surface area contributed by atoms with Crippen LogP contribution in [0.1, 0.15) is 28.8 Å². The van der Waals surface area contributed by atoms with Gasteiger partial charge in [0.15, 0.2) is 9.84 Å². The molecule has 1 fully saturated rings. The first kappa shape index (κ1) is 19.2. The summed E-state index contributed by atoms with van der Waals surface area (Å²) in [5.41, 5.74) is -2.50. The van der Waals surface area contributed by atoms with Gasteiger partial charge in [-0.25, -0.2) is 13.2 Å². The van der Waals surface area contributed by atoms with Gasteiger partial charge in [0.25, 0.3) is 5.91 Å². The lowest BCUT2D eigenvalue weighted by molar-refractivity contribution is -0.148. The summed E-state index contributed by atoms with van der Waals surface area (Å²) in [4.78, 5) is 24.4. The van der Waals surface area contributed by atoms with E-state index in [0.717, 1.165) is 31.4 Å². The van der Waals surface area contributed by atoms with Gasteiger partial charge in [-0.15, -0.1) is 0 Å². The first-order chi connectivity index (χ1) is 11.5. The average molecular weight is 379 g/mol. The number of carbonyl (C=O) groups excluding carboxylic acids is 2. The number of methoxy groups -OCH3 is 1. The van der Waals surface area contributed by atoms with Crippen molar-refractivity contribution in [2.24, 2.45) is 0 Å². The lowest BCUT2D eigenvalue weighted by atomic mass is 9.91. The maximum Gasteiger partial charge on any atom is 0.416 e. The first-order valence-electron chi connectivity index (χ1n) is 7.28. The molecule has 1 amide bonds. The third-order valence-corrected chi connectivity index (χ3v) is 5.74. The summed E-state index contributed by atoms with van der Waals surface area (Å²) in [5.74, 6) is -2.16. The van der Waals surface area contributed by atoms with E-state index in [1.54, 1.807) is 0 Å². The van der Waals surface area contributed by atoms with Gasteiger partial charge >= 0.3 is 12.1 Å². The van der Waals surface area contributed by atoms with E-state index in [1.165, 1.54) is 0 Å². The summed E-state index contributed by atoms with van der Waals surface area (Å²) in [7, 11) is -2.19. The number of benzene rings is 1. The summed E-state index contributed by atoms with van der Waals surface area (Å²) in [6.07, 6.45) is -4.84. The monoisotopic (exact) mass is 379 g/mol. The molecule has 1 aromatic rings. The van der Waals surface area contributed by atoms with Crippen LogP contribution in [0, 0.1) is 0 Å². The quantitative estimate of drug-likeness (QED) is 0.805. The van der Waals surface area contributed by atoms with Crippen molar-refractivity contribution in [1.82, 2.24) is 5.32 Å². The molecule has 25 heavy (non-hydrogen) atoms. The number of hydrogen-bond acceptors (Lipinski definition) is 5. The Morgan fingerprint density at radius 3 is 2.08 bits per heavy atom. The Balaban J connectivity index is 2.22. The van der Waals surface area contributed by atoms with Gasteiger partial charge in [0.05, 0.1) is 24.2 Å². The van der Waals surface area contributed by atoms with Crippen LogP contribution in [0.2, 0.25) is 0 Å². The average Bonchev–Trinajstić information content (AvgIpc) is 2.55. The molecule has 1 heterocycles. The van der Waals surface area contributed by atoms with Crippen LogP contribution in [-0.4, -0.2) is 44.4 Å². The highest BCUT2D eigenvalue weighted by Crippen LogP contribution is 2.30. The fourth-order valence-electron chi connectivity index (χ4n) is 2.56. The molecule has 0 atom stereocenters. The SMILES string of the molecule is COC(=O)C1(NC(=O)c2ccc(C(F)(F)F)cc2)CCS(=O)(=O)CC1. The summed E-state index contributed by atoms with van der Waals surface area (Å²) >= 11 is 0. The highest BCUT2D eigenvalue weighted by Gasteiger charge is 2.45. The molecule has 0 aliphatic carbocycles. The van der Waals surface area contributed by atoms with Crippen molar-refractivity contribution < 1.29 is 35.9 Å². The van der Waals surface area contributed by atoms with Crippen LogP contribution in [0.3, 0.4) is 0 Å². The Hall–Kier alpha value is -2.10. The van der Waals surface area contributed by atoms with Gasteiger partial charge in [-0.1, -0.05) is 0 Å². The largest absolute Gasteiger partial charge is 0.467 e. The van der Waals surface area contributed by atoms with Crippen LogP contribution >= 0.6 is 0 Å². The second-order valence-corrected chi connectivity index (χ2v) is 8.06. The summed E-state index contributed by atoms with van der Waals surface area (Å²) in [6.45, 7) is 0. The van der Waals surface area contributed by atoms with Gasteiger partial charge in [-0.3, -0.25) is 4.79 Å². The first-order valence-corrected chi connectivity index (χ1v) is 9.10. The van der Waals surface area contributed by atoms with Crippen LogP contribution in [0.5, 0.6) is 0 Å². The van der Waals surface area contributed by atoms with Crippen molar-refractivity contribution in [2.75, 3.05) is 18.6 Å². The Labute approximate surface area is 142 Å². The normalized spacial score (nSPS) is 19.0. The highest BCUT2D eigenvalue weighted by molar-refractivity contribution is 7.91. The van der Waals surface area contributed by atoms with Crippen molar-refractivity contribution in [3.05, 3.63) is 35.4 Å². The summed E-state index contributed by atoms with van der Waals surface area (Å²) in [6, 6.07) is 3.49. The lowest BCUT2D eigenvalue weighted by Crippen LogP contribution is -2.58. The van der Waals surface area contributed by atoms with Crippen LogP contribution < -0.4 is 5.32 Å². The van der Waals surface area contributed by atoms with Gasteiger partial charge in [0.1, 0.15) is 5.54 Å². The Kier molecular flexibility index (Phi) is 5.12. The van der Waals surface area contributed by atoms with E-state index < -0.39 is 39.0 Å². The number of ether oxygens (including phenoxy) is 1. The Morgan fingerprint density at radius 2 is 1.64 bits per heavy atom. The van der Waals surface area contributed by atoms with Crippen molar-refractivity contribution in [2.45, 2.75) is 24.6 Å². The minimum Gasteiger partial charge on any atom is -0.467 e. The van der Waals surface area contributed by atoms with Crippen molar-refractivity contribution in [1.29, 1.82) is 0 Å². The van der Waals surface area contributed by atoms with Gasteiger partial charge in [-0.2, -0.15) is 13.2 Å². The minimum absolute atomic E-state index is 0.0790. The van der Waals surface area contributed by atoms with Gasteiger partial charge in [0, 0.05) is 5.56 Å². The van der Waals surface area contributed by atoms with E-state index in [9.17, 15) is 31.2 Å². The number of halogens is 3. The van der Waals surface area contributed by atoms with E-state index in [4.69, 9.17) is 0 Å². The number of nitrogens with one attached hydrogen (secondary N) is 1. The molecule has 2 rings (SSSR count). The zero-order chi connectivity index (χ0) is 18.9. The molecule has 0 bridgehead atoms. The Morgan fingerprint density at radius 1 is 1.12 bits per heavy atom. The van der Waals surface area contributed by atoms with Crippen molar-refractivity contribution in [3.8, 4) is 0 Å². The van der Waals surface area contributed by atoms with Gasteiger partial charge in [0.2, 0.25) is 0 Å². The van der Waals surface area contributed by atoms with E-state index in [-0.39, 0.29) is 29.9 Å². The molecule has 1 saturated heterocycles. The molecule has 0 aromatic heterocycles. The number of rotatable bonds is 3. The number of sulfone groups is 1. The number of amides is 1. The van der Waals surface area contributed by atoms with Gasteiger partial charge in [-0.05, 0) is 37.1 Å². The fraction of sp³-hybridized carbons (Fsp3) is 0.467. The fourth-order valence-corrected chi connectivity index (χ4v) is 4.09. The molecule has 0 saturated carbocycles. The van der Waals surface area contributed by atoms with E-state index in [2.05, 4.69) is 10.1 Å². The molecule has 0 spiro atoms. The van der Waals surface area contributed by atoms with Crippen molar-refractivity contribution >= 4 is 21.7 Å². The molecule has 6 nitrogen and oxygen atoms in total. The maximum absolute atomic E-state index is 12.6. The van der Waals surface area contributed by atoms with Crippen LogP contribution in [0.25, 0.3) is 0 Å². The minimum atomic E-state index is -4.53. The topological polar surface area (TPSA) is 89.5 Å². The standard InChI is InChI=1S/C15H16F3NO5S/c1-24-13(21)14(6-8-25(22,23)9-7-14)19-12(20)10-2-4-11(5-3-10)15(16,17)18/h2-5H,6-9H2,1H3,(H,19,20). The van der Waals surface area contributed by atoms with Crippen LogP contribution in [-0.2, 0) is 25.5 Å². The van der Waals surface area contributed by atoms with E-state index in [1.807, 2.05) is 0 Å². The number of carbonyl (C=O) groups is 2. The van der Waals surface area contributed by atoms with Crippen molar-refractivity contribution in [3.63, 3.8) is 0 Å². The zero-order valence-corrected chi connectivity index (χ0v) is 14.0. The number of alkyl halides is 3. The van der Waals surface area contributed by atoms with Crippen LogP contribution in [0.15, 0.2) is 24.3 Å². The lowest BCUT2D eigenvalue weighted by Gasteiger charge is -2.35. The molecule has 10 heteroatoms. The number of hydrogen-bond donors (Lipinski definition) is 1.